The van der Waals surface area contributed by atoms with E-state index in [1.807, 2.05) is 31.6 Å². The van der Waals surface area contributed by atoms with Crippen molar-refractivity contribution in [3.05, 3.63) is 48.0 Å². The van der Waals surface area contributed by atoms with Gasteiger partial charge in [0.25, 0.3) is 0 Å². The minimum atomic E-state index is 0.646. The molecule has 0 aliphatic heterocycles. The number of para-hydroxylation sites is 1. The first-order valence-corrected chi connectivity index (χ1v) is 6.73. The summed E-state index contributed by atoms with van der Waals surface area (Å²) in [6.07, 6.45) is 3.77. The molecule has 0 unspecified atom stereocenters. The molecular formula is C15H21N3O. The van der Waals surface area contributed by atoms with E-state index in [1.165, 1.54) is 11.3 Å². The molecule has 0 aliphatic carbocycles. The second-order valence-corrected chi connectivity index (χ2v) is 4.32. The molecule has 4 heteroatoms. The van der Waals surface area contributed by atoms with Crippen LogP contribution in [0.3, 0.4) is 0 Å². The quantitative estimate of drug-likeness (QED) is 0.830. The van der Waals surface area contributed by atoms with E-state index in [1.54, 1.807) is 0 Å². The van der Waals surface area contributed by atoms with E-state index in [4.69, 9.17) is 4.74 Å². The fourth-order valence-electron chi connectivity index (χ4n) is 2.00. The number of nitrogens with one attached hydrogen (secondary N) is 1. The Balaban J connectivity index is 2.02. The third kappa shape index (κ3) is 3.58. The van der Waals surface area contributed by atoms with Gasteiger partial charge in [-0.15, -0.1) is 0 Å². The van der Waals surface area contributed by atoms with Crippen LogP contribution in [0.4, 0.5) is 5.69 Å². The fourth-order valence-corrected chi connectivity index (χ4v) is 2.00. The second-order valence-electron chi connectivity index (χ2n) is 4.32. The first-order valence-electron chi connectivity index (χ1n) is 6.73. The van der Waals surface area contributed by atoms with Gasteiger partial charge in [-0.2, -0.15) is 0 Å². The van der Waals surface area contributed by atoms with E-state index in [0.29, 0.717) is 6.61 Å². The van der Waals surface area contributed by atoms with Gasteiger partial charge in [0.1, 0.15) is 0 Å². The standard InChI is InChI=1S/C15H21N3O/c1-3-18-12-16-9-14(18)10-17-15-8-6-5-7-13(15)11-19-4-2/h5-9,12,17H,3-4,10-11H2,1-2H3. The minimum absolute atomic E-state index is 0.646. The number of hydrogen-bond acceptors (Lipinski definition) is 3. The normalized spacial score (nSPS) is 10.6. The minimum Gasteiger partial charge on any atom is -0.379 e. The smallest absolute Gasteiger partial charge is 0.0948 e. The van der Waals surface area contributed by atoms with Gasteiger partial charge < -0.3 is 14.6 Å². The van der Waals surface area contributed by atoms with Gasteiger partial charge in [-0.1, -0.05) is 18.2 Å². The molecule has 2 rings (SSSR count). The molecule has 0 saturated heterocycles. The van der Waals surface area contributed by atoms with Gasteiger partial charge in [0, 0.05) is 30.6 Å². The highest BCUT2D eigenvalue weighted by Gasteiger charge is 2.04. The summed E-state index contributed by atoms with van der Waals surface area (Å²) in [6.45, 7) is 7.22. The summed E-state index contributed by atoms with van der Waals surface area (Å²) in [6, 6.07) is 8.25. The third-order valence-electron chi connectivity index (χ3n) is 3.08. The SMILES string of the molecule is CCOCc1ccccc1NCc1cncn1CC. The predicted molar refractivity (Wildman–Crippen MR) is 77.0 cm³/mol. The Morgan fingerprint density at radius 1 is 1.26 bits per heavy atom. The lowest BCUT2D eigenvalue weighted by atomic mass is 10.2. The molecule has 0 amide bonds. The van der Waals surface area contributed by atoms with E-state index in [9.17, 15) is 0 Å². The van der Waals surface area contributed by atoms with Gasteiger partial charge in [0.15, 0.2) is 0 Å². The molecule has 0 atom stereocenters. The van der Waals surface area contributed by atoms with E-state index in [-0.39, 0.29) is 0 Å². The molecule has 1 heterocycles. The highest BCUT2D eigenvalue weighted by Crippen LogP contribution is 2.17. The first-order chi connectivity index (χ1) is 9.35. The molecule has 19 heavy (non-hydrogen) atoms. The number of ether oxygens (including phenoxy) is 1. The Bertz CT molecular complexity index is 508. The number of benzene rings is 1. The number of nitrogens with zero attached hydrogens (tertiary/aromatic N) is 2. The molecule has 0 bridgehead atoms. The average molecular weight is 259 g/mol. The van der Waals surface area contributed by atoms with Crippen LogP contribution in [0, 0.1) is 0 Å². The summed E-state index contributed by atoms with van der Waals surface area (Å²) in [7, 11) is 0. The van der Waals surface area contributed by atoms with Crippen molar-refractivity contribution in [2.45, 2.75) is 33.5 Å². The zero-order valence-electron chi connectivity index (χ0n) is 11.6. The second kappa shape index (κ2) is 6.95. The van der Waals surface area contributed by atoms with Gasteiger partial charge in [-0.3, -0.25) is 0 Å². The predicted octanol–water partition coefficient (Wildman–Crippen LogP) is 3.05. The molecular weight excluding hydrogens is 238 g/mol. The van der Waals surface area contributed by atoms with Crippen molar-refractivity contribution in [3.8, 4) is 0 Å². The van der Waals surface area contributed by atoms with Crippen molar-refractivity contribution in [2.75, 3.05) is 11.9 Å². The molecule has 0 spiro atoms. The summed E-state index contributed by atoms with van der Waals surface area (Å²) in [5.41, 5.74) is 3.50. The highest BCUT2D eigenvalue weighted by atomic mass is 16.5. The molecule has 0 radical (unpaired) electrons. The Labute approximate surface area is 114 Å². The van der Waals surface area contributed by atoms with Crippen molar-refractivity contribution in [1.82, 2.24) is 9.55 Å². The Morgan fingerprint density at radius 3 is 2.89 bits per heavy atom. The molecule has 2 aromatic rings. The van der Waals surface area contributed by atoms with Crippen LogP contribution >= 0.6 is 0 Å². The van der Waals surface area contributed by atoms with Gasteiger partial charge in [-0.25, -0.2) is 4.98 Å². The molecule has 1 aromatic heterocycles. The van der Waals surface area contributed by atoms with Crippen LogP contribution in [-0.2, 0) is 24.4 Å². The Hall–Kier alpha value is -1.81. The number of aryl methyl sites for hydroxylation is 1. The van der Waals surface area contributed by atoms with Crippen molar-refractivity contribution in [2.24, 2.45) is 0 Å². The topological polar surface area (TPSA) is 39.1 Å². The van der Waals surface area contributed by atoms with Gasteiger partial charge >= 0.3 is 0 Å². The zero-order valence-corrected chi connectivity index (χ0v) is 11.6. The van der Waals surface area contributed by atoms with Crippen LogP contribution in [0.1, 0.15) is 25.1 Å². The molecule has 1 aromatic carbocycles. The van der Waals surface area contributed by atoms with Crippen molar-refractivity contribution in [3.63, 3.8) is 0 Å². The van der Waals surface area contributed by atoms with Gasteiger partial charge in [0.2, 0.25) is 0 Å². The van der Waals surface area contributed by atoms with Crippen LogP contribution in [0.5, 0.6) is 0 Å². The molecule has 0 saturated carbocycles. The molecule has 102 valence electrons. The number of anilines is 1. The van der Waals surface area contributed by atoms with Gasteiger partial charge in [0.05, 0.1) is 25.2 Å². The highest BCUT2D eigenvalue weighted by molar-refractivity contribution is 5.50. The number of hydrogen-bond donors (Lipinski definition) is 1. The van der Waals surface area contributed by atoms with Crippen LogP contribution in [0.2, 0.25) is 0 Å². The fraction of sp³-hybridized carbons (Fsp3) is 0.400. The lowest BCUT2D eigenvalue weighted by molar-refractivity contribution is 0.134. The van der Waals surface area contributed by atoms with E-state index < -0.39 is 0 Å². The van der Waals surface area contributed by atoms with Crippen molar-refractivity contribution >= 4 is 5.69 Å². The summed E-state index contributed by atoms with van der Waals surface area (Å²) in [5, 5.41) is 3.46. The largest absolute Gasteiger partial charge is 0.379 e. The van der Waals surface area contributed by atoms with Crippen LogP contribution in [-0.4, -0.2) is 16.2 Å². The number of rotatable bonds is 7. The molecule has 0 fully saturated rings. The summed E-state index contributed by atoms with van der Waals surface area (Å²) in [4.78, 5) is 4.18. The third-order valence-corrected chi connectivity index (χ3v) is 3.08. The van der Waals surface area contributed by atoms with Crippen molar-refractivity contribution < 1.29 is 4.74 Å². The van der Waals surface area contributed by atoms with E-state index in [2.05, 4.69) is 33.9 Å². The van der Waals surface area contributed by atoms with Crippen LogP contribution in [0.15, 0.2) is 36.8 Å². The molecule has 1 N–H and O–H groups in total. The number of aromatic nitrogens is 2. The maximum absolute atomic E-state index is 5.48. The van der Waals surface area contributed by atoms with E-state index in [0.717, 1.165) is 25.4 Å². The Kier molecular flexibility index (Phi) is 4.98. The zero-order chi connectivity index (χ0) is 13.5. The lowest BCUT2D eigenvalue weighted by Crippen LogP contribution is -2.07. The Morgan fingerprint density at radius 2 is 2.11 bits per heavy atom. The number of imidazole rings is 1. The maximum Gasteiger partial charge on any atom is 0.0948 e. The first kappa shape index (κ1) is 13.6. The summed E-state index contributed by atoms with van der Waals surface area (Å²) < 4.78 is 7.62. The summed E-state index contributed by atoms with van der Waals surface area (Å²) >= 11 is 0. The van der Waals surface area contributed by atoms with Crippen molar-refractivity contribution in [1.29, 1.82) is 0 Å². The monoisotopic (exact) mass is 259 g/mol. The maximum atomic E-state index is 5.48. The lowest BCUT2D eigenvalue weighted by Gasteiger charge is -2.12. The summed E-state index contributed by atoms with van der Waals surface area (Å²) in [5.74, 6) is 0. The van der Waals surface area contributed by atoms with E-state index >= 15 is 0 Å². The van der Waals surface area contributed by atoms with Gasteiger partial charge in [-0.05, 0) is 19.9 Å². The average Bonchev–Trinajstić information content (AvgIpc) is 2.91. The van der Waals surface area contributed by atoms with Crippen LogP contribution in [0.25, 0.3) is 0 Å². The molecule has 4 nitrogen and oxygen atoms in total. The van der Waals surface area contributed by atoms with Crippen LogP contribution < -0.4 is 5.32 Å². The molecule has 0 aliphatic rings.